The Morgan fingerprint density at radius 3 is 2.31 bits per heavy atom. The van der Waals surface area contributed by atoms with Crippen LogP contribution in [0.1, 0.15) is 24.5 Å². The van der Waals surface area contributed by atoms with Crippen LogP contribution in [0.2, 0.25) is 5.02 Å². The van der Waals surface area contributed by atoms with E-state index in [1.165, 1.54) is 0 Å². The normalized spacial score (nSPS) is 12.6. The largest absolute Gasteiger partial charge is 0.489 e. The van der Waals surface area contributed by atoms with Crippen LogP contribution < -0.4 is 10.1 Å². The zero-order valence-corrected chi connectivity index (χ0v) is 11.2. The van der Waals surface area contributed by atoms with Gasteiger partial charge in [-0.3, -0.25) is 0 Å². The van der Waals surface area contributed by atoms with Crippen molar-refractivity contribution in [2.24, 2.45) is 0 Å². The van der Waals surface area contributed by atoms with Crippen LogP contribution in [-0.4, -0.2) is 19.7 Å². The van der Waals surface area contributed by atoms with Crippen LogP contribution in [0.5, 0.6) is 5.75 Å². The molecule has 0 aliphatic carbocycles. The van der Waals surface area contributed by atoms with Crippen LogP contribution in [0.15, 0.2) is 12.1 Å². The van der Waals surface area contributed by atoms with Gasteiger partial charge < -0.3 is 10.1 Å². The Bertz CT molecular complexity index is 329. The first kappa shape index (κ1) is 13.3. The van der Waals surface area contributed by atoms with Gasteiger partial charge in [0.15, 0.2) is 0 Å². The summed E-state index contributed by atoms with van der Waals surface area (Å²) in [6, 6.07) is 3.99. The maximum atomic E-state index is 6.11. The van der Waals surface area contributed by atoms with Gasteiger partial charge in [0.2, 0.25) is 0 Å². The van der Waals surface area contributed by atoms with E-state index in [9.17, 15) is 0 Å². The highest BCUT2D eigenvalue weighted by molar-refractivity contribution is 6.32. The monoisotopic (exact) mass is 241 g/mol. The quantitative estimate of drug-likeness (QED) is 0.854. The summed E-state index contributed by atoms with van der Waals surface area (Å²) in [5.41, 5.74) is 2.13. The second kappa shape index (κ2) is 6.12. The molecule has 0 fully saturated rings. The van der Waals surface area contributed by atoms with Gasteiger partial charge >= 0.3 is 0 Å². The molecule has 0 saturated heterocycles. The molecule has 0 radical (unpaired) electrons. The van der Waals surface area contributed by atoms with Crippen molar-refractivity contribution in [1.29, 1.82) is 0 Å². The molecule has 0 aliphatic rings. The van der Waals surface area contributed by atoms with E-state index in [1.54, 1.807) is 0 Å². The number of nitrogens with one attached hydrogen (secondary N) is 1. The van der Waals surface area contributed by atoms with Gasteiger partial charge in [0, 0.05) is 11.6 Å². The number of rotatable bonds is 5. The average Bonchev–Trinajstić information content (AvgIpc) is 2.25. The van der Waals surface area contributed by atoms with Crippen molar-refractivity contribution < 1.29 is 4.74 Å². The number of likely N-dealkylation sites (N-methyl/N-ethyl adjacent to an activating group) is 1. The molecule has 1 rings (SSSR count). The number of halogens is 1. The molecule has 16 heavy (non-hydrogen) atoms. The fourth-order valence-corrected chi connectivity index (χ4v) is 1.77. The van der Waals surface area contributed by atoms with E-state index in [0.29, 0.717) is 0 Å². The Morgan fingerprint density at radius 2 is 1.88 bits per heavy atom. The lowest BCUT2D eigenvalue weighted by molar-refractivity contribution is 0.196. The van der Waals surface area contributed by atoms with Crippen LogP contribution in [0.4, 0.5) is 0 Å². The number of ether oxygens (including phenoxy) is 1. The van der Waals surface area contributed by atoms with E-state index >= 15 is 0 Å². The predicted octanol–water partition coefficient (Wildman–Crippen LogP) is 3.33. The van der Waals surface area contributed by atoms with Gasteiger partial charge in [0.05, 0.1) is 0 Å². The molecule has 1 atom stereocenters. The molecule has 0 aromatic heterocycles. The van der Waals surface area contributed by atoms with Crippen LogP contribution in [0, 0.1) is 13.8 Å². The minimum absolute atomic E-state index is 0.213. The molecular formula is C13H20ClNO. The van der Waals surface area contributed by atoms with Crippen molar-refractivity contribution in [3.8, 4) is 5.75 Å². The van der Waals surface area contributed by atoms with Crippen molar-refractivity contribution in [3.63, 3.8) is 0 Å². The summed E-state index contributed by atoms with van der Waals surface area (Å²) >= 11 is 6.11. The summed E-state index contributed by atoms with van der Waals surface area (Å²) in [5.74, 6) is 0.904. The highest BCUT2D eigenvalue weighted by Gasteiger charge is 2.09. The smallest absolute Gasteiger partial charge is 0.120 e. The van der Waals surface area contributed by atoms with E-state index in [2.05, 4.69) is 12.2 Å². The molecular weight excluding hydrogens is 222 g/mol. The van der Waals surface area contributed by atoms with E-state index in [4.69, 9.17) is 16.3 Å². The third-order valence-electron chi connectivity index (χ3n) is 2.60. The Balaban J connectivity index is 2.80. The topological polar surface area (TPSA) is 21.3 Å². The molecule has 1 N–H and O–H groups in total. The standard InChI is InChI=1S/C13H20ClNO/c1-5-11(8-15-4)16-12-6-9(2)13(14)10(3)7-12/h6-7,11,15H,5,8H2,1-4H3. The fraction of sp³-hybridized carbons (Fsp3) is 0.538. The van der Waals surface area contributed by atoms with Gasteiger partial charge in [-0.1, -0.05) is 18.5 Å². The Labute approximate surface area is 103 Å². The summed E-state index contributed by atoms with van der Waals surface area (Å²) in [4.78, 5) is 0. The van der Waals surface area contributed by atoms with Crippen LogP contribution in [0.3, 0.4) is 0 Å². The molecule has 0 spiro atoms. The average molecular weight is 242 g/mol. The third-order valence-corrected chi connectivity index (χ3v) is 3.20. The highest BCUT2D eigenvalue weighted by Crippen LogP contribution is 2.26. The molecule has 3 heteroatoms. The van der Waals surface area contributed by atoms with Crippen LogP contribution in [0.25, 0.3) is 0 Å². The minimum Gasteiger partial charge on any atom is -0.489 e. The van der Waals surface area contributed by atoms with Gasteiger partial charge in [-0.2, -0.15) is 0 Å². The Hall–Kier alpha value is -0.730. The molecule has 90 valence electrons. The first-order valence-corrected chi connectivity index (χ1v) is 6.04. The van der Waals surface area contributed by atoms with Crippen LogP contribution in [-0.2, 0) is 0 Å². The maximum absolute atomic E-state index is 6.11. The molecule has 0 aliphatic heterocycles. The van der Waals surface area contributed by atoms with E-state index in [1.807, 2.05) is 33.0 Å². The molecule has 1 aromatic rings. The summed E-state index contributed by atoms with van der Waals surface area (Å²) in [7, 11) is 1.93. The fourth-order valence-electron chi connectivity index (χ4n) is 1.66. The summed E-state index contributed by atoms with van der Waals surface area (Å²) in [5, 5.41) is 3.96. The SMILES string of the molecule is CCC(CNC)Oc1cc(C)c(Cl)c(C)c1. The zero-order valence-electron chi connectivity index (χ0n) is 10.4. The lowest BCUT2D eigenvalue weighted by Crippen LogP contribution is -2.28. The number of hydrogen-bond donors (Lipinski definition) is 1. The third kappa shape index (κ3) is 3.39. The van der Waals surface area contributed by atoms with Crippen LogP contribution >= 0.6 is 11.6 Å². The molecule has 1 unspecified atom stereocenters. The van der Waals surface area contributed by atoms with Crippen molar-refractivity contribution in [2.75, 3.05) is 13.6 Å². The van der Waals surface area contributed by atoms with Crippen molar-refractivity contribution in [3.05, 3.63) is 28.3 Å². The lowest BCUT2D eigenvalue weighted by atomic mass is 10.1. The Kier molecular flexibility index (Phi) is 5.10. The molecule has 2 nitrogen and oxygen atoms in total. The van der Waals surface area contributed by atoms with E-state index < -0.39 is 0 Å². The number of hydrogen-bond acceptors (Lipinski definition) is 2. The number of benzene rings is 1. The Morgan fingerprint density at radius 1 is 1.31 bits per heavy atom. The van der Waals surface area contributed by atoms with E-state index in [0.717, 1.165) is 34.9 Å². The maximum Gasteiger partial charge on any atom is 0.120 e. The molecule has 0 bridgehead atoms. The molecule has 0 amide bonds. The first-order valence-electron chi connectivity index (χ1n) is 5.66. The number of aryl methyl sites for hydroxylation is 2. The first-order chi connectivity index (χ1) is 7.58. The molecule has 0 saturated carbocycles. The summed E-state index contributed by atoms with van der Waals surface area (Å²) in [6.07, 6.45) is 1.20. The second-order valence-electron chi connectivity index (χ2n) is 4.08. The molecule has 1 aromatic carbocycles. The minimum atomic E-state index is 0.213. The highest BCUT2D eigenvalue weighted by atomic mass is 35.5. The van der Waals surface area contributed by atoms with Gasteiger partial charge in [-0.25, -0.2) is 0 Å². The lowest BCUT2D eigenvalue weighted by Gasteiger charge is -2.18. The van der Waals surface area contributed by atoms with Gasteiger partial charge in [0.1, 0.15) is 11.9 Å². The van der Waals surface area contributed by atoms with Crippen molar-refractivity contribution >= 4 is 11.6 Å². The van der Waals surface area contributed by atoms with Gasteiger partial charge in [-0.15, -0.1) is 0 Å². The van der Waals surface area contributed by atoms with E-state index in [-0.39, 0.29) is 6.10 Å². The summed E-state index contributed by atoms with van der Waals surface area (Å²) in [6.45, 7) is 6.98. The van der Waals surface area contributed by atoms with Crippen molar-refractivity contribution in [1.82, 2.24) is 5.32 Å². The second-order valence-corrected chi connectivity index (χ2v) is 4.45. The van der Waals surface area contributed by atoms with Gasteiger partial charge in [0.25, 0.3) is 0 Å². The summed E-state index contributed by atoms with van der Waals surface area (Å²) < 4.78 is 5.90. The predicted molar refractivity (Wildman–Crippen MR) is 69.6 cm³/mol. The van der Waals surface area contributed by atoms with Crippen molar-refractivity contribution in [2.45, 2.75) is 33.3 Å². The van der Waals surface area contributed by atoms with Gasteiger partial charge in [-0.05, 0) is 50.6 Å². The zero-order chi connectivity index (χ0) is 12.1. The molecule has 0 heterocycles.